The molecule has 0 radical (unpaired) electrons. The quantitative estimate of drug-likeness (QED) is 0.628. The molecule has 0 aromatic heterocycles. The van der Waals surface area contributed by atoms with Crippen LogP contribution >= 0.6 is 0 Å². The second kappa shape index (κ2) is 6.70. The largest absolute Gasteiger partial charge is 0.290 e. The molecule has 0 spiro atoms. The van der Waals surface area contributed by atoms with E-state index in [2.05, 4.69) is 0 Å². The highest BCUT2D eigenvalue weighted by Gasteiger charge is 2.33. The van der Waals surface area contributed by atoms with Gasteiger partial charge in [0, 0.05) is 30.8 Å². The van der Waals surface area contributed by atoms with Gasteiger partial charge >= 0.3 is 0 Å². The molecule has 1 aliphatic rings. The van der Waals surface area contributed by atoms with E-state index in [1.54, 1.807) is 18.2 Å². The highest BCUT2D eigenvalue weighted by Crippen LogP contribution is 2.30. The number of rotatable bonds is 4. The summed E-state index contributed by atoms with van der Waals surface area (Å²) in [6.45, 7) is 0.722. The number of nitro groups is 1. The highest BCUT2D eigenvalue weighted by molar-refractivity contribution is 7.91. The summed E-state index contributed by atoms with van der Waals surface area (Å²) in [6.07, 6.45) is 0. The smallest absolute Gasteiger partial charge is 0.273 e. The van der Waals surface area contributed by atoms with Gasteiger partial charge in [-0.1, -0.05) is 48.5 Å². The Bertz CT molecular complexity index is 837. The molecule has 1 fully saturated rings. The molecule has 7 heteroatoms. The predicted octanol–water partition coefficient (Wildman–Crippen LogP) is 2.57. The minimum atomic E-state index is -3.11. The second-order valence-corrected chi connectivity index (χ2v) is 8.13. The fraction of sp³-hybridized carbons (Fsp3) is 0.294. The summed E-state index contributed by atoms with van der Waals surface area (Å²) in [6, 6.07) is 15.8. The van der Waals surface area contributed by atoms with E-state index in [1.807, 2.05) is 35.2 Å². The first-order valence-electron chi connectivity index (χ1n) is 7.68. The SMILES string of the molecule is O=[N+]([O-])c1ccccc1CN1CCS(=O)(=O)CC1c1ccccc1. The van der Waals surface area contributed by atoms with Crippen molar-refractivity contribution in [2.45, 2.75) is 12.6 Å². The van der Waals surface area contributed by atoms with Crippen molar-refractivity contribution in [3.05, 3.63) is 75.8 Å². The fourth-order valence-corrected chi connectivity index (χ4v) is 4.62. The lowest BCUT2D eigenvalue weighted by molar-refractivity contribution is -0.385. The maximum Gasteiger partial charge on any atom is 0.273 e. The van der Waals surface area contributed by atoms with Crippen molar-refractivity contribution in [3.8, 4) is 0 Å². The molecule has 0 N–H and O–H groups in total. The summed E-state index contributed by atoms with van der Waals surface area (Å²) in [4.78, 5) is 12.8. The fourth-order valence-electron chi connectivity index (χ4n) is 3.05. The highest BCUT2D eigenvalue weighted by atomic mass is 32.2. The van der Waals surface area contributed by atoms with Crippen LogP contribution in [0.1, 0.15) is 17.2 Å². The van der Waals surface area contributed by atoms with E-state index in [-0.39, 0.29) is 23.2 Å². The first-order valence-corrected chi connectivity index (χ1v) is 9.50. The third kappa shape index (κ3) is 3.63. The van der Waals surface area contributed by atoms with Crippen LogP contribution in [0, 0.1) is 10.1 Å². The molecule has 1 atom stereocenters. The van der Waals surface area contributed by atoms with E-state index in [0.29, 0.717) is 18.7 Å². The van der Waals surface area contributed by atoms with Crippen molar-refractivity contribution in [2.24, 2.45) is 0 Å². The summed E-state index contributed by atoms with van der Waals surface area (Å²) in [5.74, 6) is 0.120. The molecule has 24 heavy (non-hydrogen) atoms. The van der Waals surface area contributed by atoms with Crippen LogP contribution in [0.25, 0.3) is 0 Å². The minimum absolute atomic E-state index is 0.0393. The van der Waals surface area contributed by atoms with Gasteiger partial charge in [0.2, 0.25) is 0 Å². The molecule has 1 heterocycles. The number of nitro benzene ring substituents is 1. The zero-order chi connectivity index (χ0) is 17.2. The molecular weight excluding hydrogens is 328 g/mol. The normalized spacial score (nSPS) is 20.6. The summed E-state index contributed by atoms with van der Waals surface area (Å²) in [5.41, 5.74) is 1.58. The van der Waals surface area contributed by atoms with Gasteiger partial charge in [-0.25, -0.2) is 8.42 Å². The van der Waals surface area contributed by atoms with E-state index in [4.69, 9.17) is 0 Å². The van der Waals surface area contributed by atoms with E-state index < -0.39 is 14.8 Å². The van der Waals surface area contributed by atoms with Crippen molar-refractivity contribution < 1.29 is 13.3 Å². The van der Waals surface area contributed by atoms with Gasteiger partial charge in [-0.3, -0.25) is 15.0 Å². The maximum absolute atomic E-state index is 12.1. The zero-order valence-electron chi connectivity index (χ0n) is 13.0. The average molecular weight is 346 g/mol. The van der Waals surface area contributed by atoms with Crippen LogP contribution in [-0.4, -0.2) is 36.3 Å². The lowest BCUT2D eigenvalue weighted by Gasteiger charge is -2.35. The first kappa shape index (κ1) is 16.6. The monoisotopic (exact) mass is 346 g/mol. The first-order chi connectivity index (χ1) is 11.5. The van der Waals surface area contributed by atoms with Crippen molar-refractivity contribution in [3.63, 3.8) is 0 Å². The number of hydrogen-bond acceptors (Lipinski definition) is 5. The second-order valence-electron chi connectivity index (χ2n) is 5.90. The standard InChI is InChI=1S/C17H18N2O4S/c20-19(21)16-9-5-4-8-15(16)12-18-10-11-24(22,23)13-17(18)14-6-2-1-3-7-14/h1-9,17H,10-13H2. The minimum Gasteiger partial charge on any atom is -0.290 e. The van der Waals surface area contributed by atoms with Crippen molar-refractivity contribution in [1.29, 1.82) is 0 Å². The summed E-state index contributed by atoms with van der Waals surface area (Å²) < 4.78 is 24.1. The summed E-state index contributed by atoms with van der Waals surface area (Å²) in [5, 5.41) is 11.2. The topological polar surface area (TPSA) is 80.5 Å². The Morgan fingerprint density at radius 2 is 1.75 bits per heavy atom. The Morgan fingerprint density at radius 3 is 2.46 bits per heavy atom. The summed E-state index contributed by atoms with van der Waals surface area (Å²) >= 11 is 0. The van der Waals surface area contributed by atoms with Crippen LogP contribution in [0.5, 0.6) is 0 Å². The molecule has 0 aliphatic carbocycles. The number of sulfone groups is 1. The number of para-hydroxylation sites is 1. The Kier molecular flexibility index (Phi) is 4.64. The van der Waals surface area contributed by atoms with Gasteiger partial charge in [0.25, 0.3) is 5.69 Å². The van der Waals surface area contributed by atoms with E-state index >= 15 is 0 Å². The van der Waals surface area contributed by atoms with Gasteiger partial charge in [0.1, 0.15) is 0 Å². The van der Waals surface area contributed by atoms with Crippen LogP contribution in [0.2, 0.25) is 0 Å². The van der Waals surface area contributed by atoms with Gasteiger partial charge in [0.05, 0.1) is 16.4 Å². The van der Waals surface area contributed by atoms with Gasteiger partial charge in [-0.15, -0.1) is 0 Å². The zero-order valence-corrected chi connectivity index (χ0v) is 13.9. The van der Waals surface area contributed by atoms with Gasteiger partial charge < -0.3 is 0 Å². The van der Waals surface area contributed by atoms with Crippen molar-refractivity contribution >= 4 is 15.5 Å². The third-order valence-corrected chi connectivity index (χ3v) is 5.92. The van der Waals surface area contributed by atoms with Crippen LogP contribution in [-0.2, 0) is 16.4 Å². The molecule has 2 aromatic carbocycles. The summed E-state index contributed by atoms with van der Waals surface area (Å²) in [7, 11) is -3.11. The number of benzene rings is 2. The molecule has 0 amide bonds. The molecular formula is C17H18N2O4S. The molecule has 3 rings (SSSR count). The Balaban J connectivity index is 1.92. The van der Waals surface area contributed by atoms with E-state index in [0.717, 1.165) is 5.56 Å². The molecule has 0 saturated carbocycles. The van der Waals surface area contributed by atoms with E-state index in [9.17, 15) is 18.5 Å². The predicted molar refractivity (Wildman–Crippen MR) is 91.3 cm³/mol. The lowest BCUT2D eigenvalue weighted by Crippen LogP contribution is -2.42. The van der Waals surface area contributed by atoms with Crippen LogP contribution in [0.3, 0.4) is 0 Å². The van der Waals surface area contributed by atoms with Crippen molar-refractivity contribution in [2.75, 3.05) is 18.1 Å². The molecule has 126 valence electrons. The molecule has 1 unspecified atom stereocenters. The van der Waals surface area contributed by atoms with Crippen molar-refractivity contribution in [1.82, 2.24) is 4.90 Å². The average Bonchev–Trinajstić information content (AvgIpc) is 2.57. The molecule has 0 bridgehead atoms. The molecule has 1 saturated heterocycles. The molecule has 6 nitrogen and oxygen atoms in total. The molecule has 1 aliphatic heterocycles. The number of nitrogens with zero attached hydrogens (tertiary/aromatic N) is 2. The van der Waals surface area contributed by atoms with Crippen LogP contribution in [0.4, 0.5) is 5.69 Å². The number of hydrogen-bond donors (Lipinski definition) is 0. The maximum atomic E-state index is 12.1. The Labute approximate surface area is 140 Å². The molecule has 2 aromatic rings. The van der Waals surface area contributed by atoms with Gasteiger partial charge in [0.15, 0.2) is 9.84 Å². The van der Waals surface area contributed by atoms with Crippen LogP contribution < -0.4 is 0 Å². The third-order valence-electron chi connectivity index (χ3n) is 4.29. The Morgan fingerprint density at radius 1 is 1.08 bits per heavy atom. The van der Waals surface area contributed by atoms with Gasteiger partial charge in [-0.05, 0) is 5.56 Å². The lowest BCUT2D eigenvalue weighted by atomic mass is 10.1. The van der Waals surface area contributed by atoms with E-state index in [1.165, 1.54) is 6.07 Å². The van der Waals surface area contributed by atoms with Crippen LogP contribution in [0.15, 0.2) is 54.6 Å². The Hall–Kier alpha value is -2.25. The van der Waals surface area contributed by atoms with Gasteiger partial charge in [-0.2, -0.15) is 0 Å².